The van der Waals surface area contributed by atoms with E-state index >= 15 is 0 Å². The molecule has 0 saturated carbocycles. The van der Waals surface area contributed by atoms with Crippen molar-refractivity contribution in [3.05, 3.63) is 51.1 Å². The number of nitrogens with zero attached hydrogens (tertiary/aromatic N) is 2. The summed E-state index contributed by atoms with van der Waals surface area (Å²) < 4.78 is 14.1. The van der Waals surface area contributed by atoms with Gasteiger partial charge in [-0.3, -0.25) is 20.2 Å². The van der Waals surface area contributed by atoms with Crippen molar-refractivity contribution >= 4 is 48.9 Å². The largest absolute Gasteiger partial charge is 0.324 e. The zero-order valence-corrected chi connectivity index (χ0v) is 11.8. The number of anilines is 1. The number of carbonyl (C=O) groups excluding carboxylic acids is 1. The summed E-state index contributed by atoms with van der Waals surface area (Å²) >= 11 is 1.91. The molecule has 1 aromatic carbocycles. The van der Waals surface area contributed by atoms with E-state index in [2.05, 4.69) is 10.3 Å². The number of amides is 1. The van der Waals surface area contributed by atoms with Crippen LogP contribution in [0.2, 0.25) is 0 Å². The first kappa shape index (κ1) is 13.6. The fraction of sp³-hybridized carbons (Fsp3) is 0. The van der Waals surface area contributed by atoms with E-state index in [4.69, 9.17) is 0 Å². The fourth-order valence-electron chi connectivity index (χ4n) is 1.67. The van der Waals surface area contributed by atoms with E-state index in [1.807, 2.05) is 0 Å². The summed E-state index contributed by atoms with van der Waals surface area (Å²) in [5, 5.41) is 13.2. The highest BCUT2D eigenvalue weighted by atomic mass is 32.1. The Labute approximate surface area is 125 Å². The lowest BCUT2D eigenvalue weighted by atomic mass is 10.3. The van der Waals surface area contributed by atoms with E-state index in [9.17, 15) is 19.3 Å². The summed E-state index contributed by atoms with van der Waals surface area (Å²) in [4.78, 5) is 26.2. The average molecular weight is 323 g/mol. The molecule has 3 rings (SSSR count). The van der Waals surface area contributed by atoms with Gasteiger partial charge in [0.1, 0.15) is 11.3 Å². The van der Waals surface area contributed by atoms with Gasteiger partial charge < -0.3 is 0 Å². The number of nitrogens with one attached hydrogen (secondary N) is 1. The maximum atomic E-state index is 13.5. The first-order valence-corrected chi connectivity index (χ1v) is 7.28. The van der Waals surface area contributed by atoms with Gasteiger partial charge in [-0.1, -0.05) is 28.7 Å². The molecule has 0 unspecified atom stereocenters. The molecule has 0 bridgehead atoms. The van der Waals surface area contributed by atoms with Gasteiger partial charge in [-0.15, -0.1) is 0 Å². The van der Waals surface area contributed by atoms with Gasteiger partial charge in [-0.25, -0.2) is 9.37 Å². The SMILES string of the molecule is O=C(Nc1nc2c(F)cccc2s1)c1ccc([N+](=O)[O-])s1. The summed E-state index contributed by atoms with van der Waals surface area (Å²) in [5.74, 6) is -0.969. The number of aromatic nitrogens is 1. The average Bonchev–Trinajstić information content (AvgIpc) is 3.05. The Kier molecular flexibility index (Phi) is 3.35. The predicted molar refractivity (Wildman–Crippen MR) is 78.5 cm³/mol. The smallest absolute Gasteiger partial charge is 0.297 e. The maximum absolute atomic E-state index is 13.5. The summed E-state index contributed by atoms with van der Waals surface area (Å²) in [6.07, 6.45) is 0. The Morgan fingerprint density at radius 1 is 1.29 bits per heavy atom. The van der Waals surface area contributed by atoms with Crippen molar-refractivity contribution in [3.8, 4) is 0 Å². The lowest BCUT2D eigenvalue weighted by Crippen LogP contribution is -2.09. The molecule has 3 aromatic rings. The topological polar surface area (TPSA) is 85.1 Å². The van der Waals surface area contributed by atoms with E-state index in [1.54, 1.807) is 12.1 Å². The number of halogens is 1. The maximum Gasteiger partial charge on any atom is 0.324 e. The summed E-state index contributed by atoms with van der Waals surface area (Å²) in [7, 11) is 0. The second-order valence-electron chi connectivity index (χ2n) is 3.95. The fourth-order valence-corrected chi connectivity index (χ4v) is 3.27. The first-order valence-electron chi connectivity index (χ1n) is 5.65. The molecule has 0 aliphatic heterocycles. The molecule has 0 atom stereocenters. The minimum absolute atomic E-state index is 0.115. The molecule has 1 amide bonds. The van der Waals surface area contributed by atoms with Crippen LogP contribution < -0.4 is 5.32 Å². The lowest BCUT2D eigenvalue weighted by molar-refractivity contribution is -0.380. The highest BCUT2D eigenvalue weighted by molar-refractivity contribution is 7.22. The van der Waals surface area contributed by atoms with Crippen LogP contribution in [-0.2, 0) is 0 Å². The minimum atomic E-state index is -0.561. The van der Waals surface area contributed by atoms with E-state index in [-0.39, 0.29) is 20.5 Å². The van der Waals surface area contributed by atoms with Crippen LogP contribution in [0.1, 0.15) is 9.67 Å². The van der Waals surface area contributed by atoms with Gasteiger partial charge in [0.05, 0.1) is 14.5 Å². The number of thiophene rings is 1. The van der Waals surface area contributed by atoms with Gasteiger partial charge in [0.15, 0.2) is 5.13 Å². The van der Waals surface area contributed by atoms with Crippen LogP contribution in [0.4, 0.5) is 14.5 Å². The monoisotopic (exact) mass is 323 g/mol. The quantitative estimate of drug-likeness (QED) is 0.589. The van der Waals surface area contributed by atoms with Gasteiger partial charge >= 0.3 is 5.00 Å². The van der Waals surface area contributed by atoms with E-state index in [0.29, 0.717) is 4.70 Å². The van der Waals surface area contributed by atoms with Crippen molar-refractivity contribution < 1.29 is 14.1 Å². The predicted octanol–water partition coefficient (Wildman–Crippen LogP) is 3.66. The van der Waals surface area contributed by atoms with Crippen LogP contribution in [-0.4, -0.2) is 15.8 Å². The molecule has 0 saturated heterocycles. The third kappa shape index (κ3) is 2.60. The Bertz CT molecular complexity index is 858. The van der Waals surface area contributed by atoms with Crippen LogP contribution in [0, 0.1) is 15.9 Å². The third-order valence-corrected chi connectivity index (χ3v) is 4.56. The summed E-state index contributed by atoms with van der Waals surface area (Å²) in [5.41, 5.74) is 0.190. The minimum Gasteiger partial charge on any atom is -0.297 e. The number of carbonyl (C=O) groups is 1. The number of rotatable bonds is 3. The standard InChI is InChI=1S/C12H6FN3O3S2/c13-6-2-1-3-7-10(6)14-12(21-7)15-11(17)8-4-5-9(20-8)16(18)19/h1-5H,(H,14,15,17). The number of nitro groups is 1. The molecule has 2 heterocycles. The molecule has 21 heavy (non-hydrogen) atoms. The number of fused-ring (bicyclic) bond motifs is 1. The number of thiazole rings is 1. The van der Waals surface area contributed by atoms with Gasteiger partial charge in [0.2, 0.25) is 0 Å². The third-order valence-electron chi connectivity index (χ3n) is 2.59. The normalized spacial score (nSPS) is 10.7. The molecule has 0 radical (unpaired) electrons. The Morgan fingerprint density at radius 2 is 2.10 bits per heavy atom. The van der Waals surface area contributed by atoms with Gasteiger partial charge in [0.25, 0.3) is 5.91 Å². The van der Waals surface area contributed by atoms with Crippen LogP contribution in [0.15, 0.2) is 30.3 Å². The number of para-hydroxylation sites is 1. The van der Waals surface area contributed by atoms with Crippen molar-refractivity contribution in [3.63, 3.8) is 0 Å². The molecule has 1 N–H and O–H groups in total. The van der Waals surface area contributed by atoms with Crippen LogP contribution in [0.25, 0.3) is 10.2 Å². The van der Waals surface area contributed by atoms with Crippen LogP contribution in [0.3, 0.4) is 0 Å². The zero-order chi connectivity index (χ0) is 15.0. The molecule has 6 nitrogen and oxygen atoms in total. The first-order chi connectivity index (χ1) is 10.0. The van der Waals surface area contributed by atoms with Gasteiger partial charge in [-0.05, 0) is 18.2 Å². The highest BCUT2D eigenvalue weighted by Crippen LogP contribution is 2.29. The van der Waals surface area contributed by atoms with Crippen molar-refractivity contribution in [2.24, 2.45) is 0 Å². The van der Waals surface area contributed by atoms with Gasteiger partial charge in [-0.2, -0.15) is 0 Å². The number of hydrogen-bond acceptors (Lipinski definition) is 6. The molecule has 0 aliphatic rings. The number of benzene rings is 1. The van der Waals surface area contributed by atoms with E-state index in [1.165, 1.54) is 18.2 Å². The van der Waals surface area contributed by atoms with E-state index in [0.717, 1.165) is 22.7 Å². The highest BCUT2D eigenvalue weighted by Gasteiger charge is 2.17. The molecule has 0 fully saturated rings. The molecule has 106 valence electrons. The van der Waals surface area contributed by atoms with Gasteiger partial charge in [0, 0.05) is 6.07 Å². The lowest BCUT2D eigenvalue weighted by Gasteiger charge is -1.96. The van der Waals surface area contributed by atoms with Crippen molar-refractivity contribution in [2.75, 3.05) is 5.32 Å². The van der Waals surface area contributed by atoms with Crippen molar-refractivity contribution in [1.82, 2.24) is 4.98 Å². The van der Waals surface area contributed by atoms with Crippen LogP contribution in [0.5, 0.6) is 0 Å². The van der Waals surface area contributed by atoms with E-state index < -0.39 is 16.6 Å². The Morgan fingerprint density at radius 3 is 2.76 bits per heavy atom. The molecule has 9 heteroatoms. The van der Waals surface area contributed by atoms with Crippen molar-refractivity contribution in [1.29, 1.82) is 0 Å². The van der Waals surface area contributed by atoms with Crippen LogP contribution >= 0.6 is 22.7 Å². The summed E-state index contributed by atoms with van der Waals surface area (Å²) in [6.45, 7) is 0. The Hall–Kier alpha value is -2.39. The molecular formula is C12H6FN3O3S2. The molecular weight excluding hydrogens is 317 g/mol. The molecule has 2 aromatic heterocycles. The Balaban J connectivity index is 1.85. The van der Waals surface area contributed by atoms with Crippen molar-refractivity contribution in [2.45, 2.75) is 0 Å². The second-order valence-corrected chi connectivity index (χ2v) is 6.05. The summed E-state index contributed by atoms with van der Waals surface area (Å²) in [6, 6.07) is 7.17. The molecule has 0 spiro atoms. The number of hydrogen-bond donors (Lipinski definition) is 1. The second kappa shape index (κ2) is 5.19. The zero-order valence-electron chi connectivity index (χ0n) is 10.2. The molecule has 0 aliphatic carbocycles.